The molecule has 0 aromatic carbocycles. The van der Waals surface area contributed by atoms with Crippen LogP contribution in [0.1, 0.15) is 79.6 Å². The monoisotopic (exact) mass is 334 g/mol. The van der Waals surface area contributed by atoms with Crippen molar-refractivity contribution in [2.24, 2.45) is 0 Å². The van der Waals surface area contributed by atoms with Crippen molar-refractivity contribution in [1.82, 2.24) is 0 Å². The largest absolute Gasteiger partial charge is 0.502 e. The van der Waals surface area contributed by atoms with E-state index < -0.39 is 8.80 Å². The lowest BCUT2D eigenvalue weighted by Crippen LogP contribution is -2.49. The average molecular weight is 335 g/mol. The molecule has 1 atom stereocenters. The van der Waals surface area contributed by atoms with Gasteiger partial charge < -0.3 is 18.0 Å². The fraction of sp³-hybridized carbons (Fsp3) is 1.00. The molecule has 0 saturated carbocycles. The van der Waals surface area contributed by atoms with Gasteiger partial charge in [0.1, 0.15) is 0 Å². The Balaban J connectivity index is 4.72. The molecule has 0 radical (unpaired) electrons. The van der Waals surface area contributed by atoms with Crippen LogP contribution in [0.5, 0.6) is 0 Å². The number of hydrogen-bond acceptors (Lipinski definition) is 4. The Hall–Kier alpha value is 0.0569. The van der Waals surface area contributed by atoms with E-state index in [2.05, 4.69) is 34.6 Å². The van der Waals surface area contributed by atoms with E-state index in [0.717, 1.165) is 70.8 Å². The second kappa shape index (κ2) is 14.6. The van der Waals surface area contributed by atoms with Gasteiger partial charge in [-0.15, -0.1) is 0 Å². The van der Waals surface area contributed by atoms with Gasteiger partial charge in [-0.25, -0.2) is 0 Å². The van der Waals surface area contributed by atoms with Gasteiger partial charge in [-0.05, 0) is 25.7 Å². The van der Waals surface area contributed by atoms with Gasteiger partial charge in [0.15, 0.2) is 6.29 Å². The van der Waals surface area contributed by atoms with E-state index in [4.69, 9.17) is 18.0 Å². The number of hydrogen-bond donors (Lipinski definition) is 0. The van der Waals surface area contributed by atoms with Crippen molar-refractivity contribution in [3.63, 3.8) is 0 Å². The number of unbranched alkanes of at least 4 members (excludes halogenated alkanes) is 2. The second-order valence-electron chi connectivity index (χ2n) is 5.65. The maximum absolute atomic E-state index is 6.30. The molecule has 0 aromatic rings. The predicted molar refractivity (Wildman–Crippen MR) is 94.0 cm³/mol. The first-order valence-electron chi connectivity index (χ1n) is 9.25. The summed E-state index contributed by atoms with van der Waals surface area (Å²) in [4.78, 5) is 0. The Bertz CT molecular complexity index is 229. The number of ether oxygens (including phenoxy) is 1. The smallest absolute Gasteiger partial charge is 0.373 e. The van der Waals surface area contributed by atoms with Gasteiger partial charge >= 0.3 is 8.80 Å². The summed E-state index contributed by atoms with van der Waals surface area (Å²) in [5.41, 5.74) is 0. The van der Waals surface area contributed by atoms with Crippen molar-refractivity contribution in [1.29, 1.82) is 0 Å². The Morgan fingerprint density at radius 1 is 0.727 bits per heavy atom. The minimum absolute atomic E-state index is 0.195. The lowest BCUT2D eigenvalue weighted by Gasteiger charge is -2.32. The minimum atomic E-state index is -2.62. The van der Waals surface area contributed by atoms with Crippen LogP contribution in [0.4, 0.5) is 0 Å². The van der Waals surface area contributed by atoms with Gasteiger partial charge in [0, 0.05) is 25.9 Å². The van der Waals surface area contributed by atoms with Crippen molar-refractivity contribution in [2.45, 2.75) is 91.9 Å². The Morgan fingerprint density at radius 2 is 1.32 bits per heavy atom. The molecule has 1 unspecified atom stereocenters. The fourth-order valence-electron chi connectivity index (χ4n) is 2.00. The fourth-order valence-corrected chi connectivity index (χ4v) is 4.29. The van der Waals surface area contributed by atoms with Gasteiger partial charge in [-0.3, -0.25) is 0 Å². The van der Waals surface area contributed by atoms with Crippen LogP contribution in [-0.2, 0) is 18.0 Å². The van der Waals surface area contributed by atoms with Crippen LogP contribution in [0, 0.1) is 0 Å². The molecule has 0 saturated heterocycles. The summed E-state index contributed by atoms with van der Waals surface area (Å²) in [6, 6.07) is 0.802. The highest BCUT2D eigenvalue weighted by molar-refractivity contribution is 6.60. The first-order valence-corrected chi connectivity index (χ1v) is 11.2. The maximum Gasteiger partial charge on any atom is 0.502 e. The van der Waals surface area contributed by atoms with E-state index in [1.807, 2.05) is 0 Å². The van der Waals surface area contributed by atoms with Crippen LogP contribution >= 0.6 is 0 Å². The standard InChI is InChI=1S/C17H38O4Si/c1-6-11-15-19-22(10-5,20-16-12-7-2)21-17(13-8-3)18-14-9-4/h17H,6-16H2,1-5H3. The zero-order chi connectivity index (χ0) is 16.7. The quantitative estimate of drug-likeness (QED) is 0.222. The normalized spacial score (nSPS) is 13.5. The Labute approximate surface area is 139 Å². The SMILES string of the molecule is CCCCO[Si](CC)(OCCCC)OC(CCC)OCCC. The molecule has 0 spiro atoms. The van der Waals surface area contributed by atoms with Gasteiger partial charge in [-0.1, -0.05) is 53.9 Å². The van der Waals surface area contributed by atoms with Crippen molar-refractivity contribution in [3.8, 4) is 0 Å². The van der Waals surface area contributed by atoms with Crippen LogP contribution in [0.3, 0.4) is 0 Å². The molecule has 0 bridgehead atoms. The van der Waals surface area contributed by atoms with Crippen molar-refractivity contribution < 1.29 is 18.0 Å². The molecule has 0 aromatic heterocycles. The highest BCUT2D eigenvalue weighted by atomic mass is 28.4. The van der Waals surface area contributed by atoms with Crippen molar-refractivity contribution in [2.75, 3.05) is 19.8 Å². The molecule has 22 heavy (non-hydrogen) atoms. The van der Waals surface area contributed by atoms with Gasteiger partial charge in [0.05, 0.1) is 0 Å². The van der Waals surface area contributed by atoms with Gasteiger partial charge in [0.2, 0.25) is 0 Å². The lowest BCUT2D eigenvalue weighted by atomic mass is 10.3. The molecular formula is C17H38O4Si. The molecule has 0 fully saturated rings. The van der Waals surface area contributed by atoms with E-state index in [9.17, 15) is 0 Å². The molecule has 0 rings (SSSR count). The molecule has 4 nitrogen and oxygen atoms in total. The van der Waals surface area contributed by atoms with E-state index in [1.165, 1.54) is 0 Å². The summed E-state index contributed by atoms with van der Waals surface area (Å²) >= 11 is 0. The highest BCUT2D eigenvalue weighted by Gasteiger charge is 2.41. The first-order chi connectivity index (χ1) is 10.7. The molecular weight excluding hydrogens is 296 g/mol. The van der Waals surface area contributed by atoms with Crippen LogP contribution in [0.15, 0.2) is 0 Å². The van der Waals surface area contributed by atoms with Crippen molar-refractivity contribution >= 4 is 8.80 Å². The summed E-state index contributed by atoms with van der Waals surface area (Å²) in [5, 5.41) is 0. The minimum Gasteiger partial charge on any atom is -0.373 e. The predicted octanol–water partition coefficient (Wildman–Crippen LogP) is 5.15. The lowest BCUT2D eigenvalue weighted by molar-refractivity contribution is -0.124. The maximum atomic E-state index is 6.30. The van der Waals surface area contributed by atoms with Gasteiger partial charge in [-0.2, -0.15) is 0 Å². The summed E-state index contributed by atoms with van der Waals surface area (Å²) in [7, 11) is -2.62. The third-order valence-electron chi connectivity index (χ3n) is 3.42. The zero-order valence-electron chi connectivity index (χ0n) is 15.5. The Kier molecular flexibility index (Phi) is 14.7. The average Bonchev–Trinajstić information content (AvgIpc) is 2.53. The topological polar surface area (TPSA) is 36.9 Å². The summed E-state index contributed by atoms with van der Waals surface area (Å²) in [6.45, 7) is 12.9. The third-order valence-corrected chi connectivity index (χ3v) is 6.19. The van der Waals surface area contributed by atoms with Gasteiger partial charge in [0.25, 0.3) is 0 Å². The zero-order valence-corrected chi connectivity index (χ0v) is 16.5. The molecule has 134 valence electrons. The molecule has 5 heteroatoms. The molecule has 0 heterocycles. The second-order valence-corrected chi connectivity index (χ2v) is 8.53. The van der Waals surface area contributed by atoms with E-state index in [1.54, 1.807) is 0 Å². The van der Waals surface area contributed by atoms with Crippen LogP contribution in [0.25, 0.3) is 0 Å². The van der Waals surface area contributed by atoms with Crippen molar-refractivity contribution in [3.05, 3.63) is 0 Å². The molecule has 0 aliphatic carbocycles. The summed E-state index contributed by atoms with van der Waals surface area (Å²) in [6.07, 6.45) is 7.06. The molecule has 0 N–H and O–H groups in total. The molecule has 0 amide bonds. The number of rotatable bonds is 16. The summed E-state index contributed by atoms with van der Waals surface area (Å²) in [5.74, 6) is 0. The van der Waals surface area contributed by atoms with E-state index in [-0.39, 0.29) is 6.29 Å². The Morgan fingerprint density at radius 3 is 1.73 bits per heavy atom. The molecule has 0 aliphatic heterocycles. The van der Waals surface area contributed by atoms with Crippen LogP contribution in [0.2, 0.25) is 6.04 Å². The van der Waals surface area contributed by atoms with E-state index >= 15 is 0 Å². The molecule has 0 aliphatic rings. The first kappa shape index (κ1) is 22.1. The van der Waals surface area contributed by atoms with E-state index in [0.29, 0.717) is 0 Å². The summed E-state index contributed by atoms with van der Waals surface area (Å²) < 4.78 is 24.4. The third kappa shape index (κ3) is 9.95. The van der Waals surface area contributed by atoms with Crippen LogP contribution in [-0.4, -0.2) is 34.9 Å². The van der Waals surface area contributed by atoms with Crippen LogP contribution < -0.4 is 0 Å². The highest BCUT2D eigenvalue weighted by Crippen LogP contribution is 2.21.